The predicted molar refractivity (Wildman–Crippen MR) is 45.8 cm³/mol. The van der Waals surface area contributed by atoms with E-state index in [0.29, 0.717) is 0 Å². The van der Waals surface area contributed by atoms with Crippen LogP contribution in [0.2, 0.25) is 0 Å². The molecule has 0 aromatic heterocycles. The molecule has 0 aromatic rings. The van der Waals surface area contributed by atoms with Crippen molar-refractivity contribution in [1.82, 2.24) is 0 Å². The Balaban J connectivity index is -0.000000000179. The molecule has 0 amide bonds. The second kappa shape index (κ2) is 34.6. The van der Waals surface area contributed by atoms with Crippen LogP contribution in [0.1, 0.15) is 5.71 Å². The van der Waals surface area contributed by atoms with E-state index in [9.17, 15) is 0 Å². The summed E-state index contributed by atoms with van der Waals surface area (Å²) in [5, 5.41) is 0. The van der Waals surface area contributed by atoms with Crippen molar-refractivity contribution in [2.24, 2.45) is 0 Å². The molecule has 0 aliphatic rings. The summed E-state index contributed by atoms with van der Waals surface area (Å²) in [6.45, 7) is 0. The zero-order chi connectivity index (χ0) is 2.00. The van der Waals surface area contributed by atoms with Crippen molar-refractivity contribution in [2.45, 2.75) is 0 Å². The molecule has 0 aliphatic heterocycles. The summed E-state index contributed by atoms with van der Waals surface area (Å²) >= 11 is 0. The molecule has 0 nitrogen and oxygen atoms in total. The summed E-state index contributed by atoms with van der Waals surface area (Å²) in [4.78, 5) is 0. The second-order valence-corrected chi connectivity index (χ2v) is 0. The van der Waals surface area contributed by atoms with Crippen LogP contribution in [0.5, 0.6) is 0 Å². The first-order chi connectivity index (χ1) is 1.00. The fourth-order valence-electron chi connectivity index (χ4n) is 0. The summed E-state index contributed by atoms with van der Waals surface area (Å²) in [5.41, 5.74) is 0. The molecular formula is H13AlBaCaMnSi2. The molecule has 0 spiro atoms. The fourth-order valence-corrected chi connectivity index (χ4v) is 0. The predicted octanol–water partition coefficient (Wildman–Crippen LogP) is -3.87. The van der Waals surface area contributed by atoms with Gasteiger partial charge in [0.05, 0.1) is 0 Å². The van der Waals surface area contributed by atoms with Gasteiger partial charge in [-0.1, -0.05) is 0 Å². The van der Waals surface area contributed by atoms with Crippen molar-refractivity contribution in [1.29, 1.82) is 0 Å². The van der Waals surface area contributed by atoms with Gasteiger partial charge in [-0.25, -0.2) is 0 Å². The molecule has 0 saturated carbocycles. The Morgan fingerprint density at radius 3 is 1.17 bits per heavy atom. The third kappa shape index (κ3) is 23.9. The average Bonchev–Trinajstić information content (AvgIpc) is 1.00. The van der Waals surface area contributed by atoms with E-state index < -0.39 is 0 Å². The van der Waals surface area contributed by atoms with Gasteiger partial charge in [0.1, 0.15) is 0 Å². The first-order valence-corrected chi connectivity index (χ1v) is 9.00. The van der Waals surface area contributed by atoms with E-state index in [2.05, 4.69) is 0 Å². The van der Waals surface area contributed by atoms with Crippen LogP contribution in [0, 0.1) is 0 Å². The Morgan fingerprint density at radius 1 is 1.17 bits per heavy atom. The molecular weight excluding hydrogens is 315 g/mol. The largest absolute Gasteiger partial charge is 2.00 e. The van der Waals surface area contributed by atoms with E-state index in [1.807, 2.05) is 0 Å². The maximum atomic E-state index is 1.44. The summed E-state index contributed by atoms with van der Waals surface area (Å²) in [5.74, 6) is 0. The van der Waals surface area contributed by atoms with Crippen LogP contribution in [0.15, 0.2) is 0 Å². The first-order valence-electron chi connectivity index (χ1n) is 1.00. The van der Waals surface area contributed by atoms with Gasteiger partial charge in [0, 0.05) is 17.1 Å². The molecule has 35 valence electrons. The van der Waals surface area contributed by atoms with Crippen LogP contribution in [-0.2, 0) is 17.1 Å². The zero-order valence-corrected chi connectivity index (χ0v) is 15.6. The molecule has 0 aromatic carbocycles. The molecule has 0 N–H and O–H groups in total. The van der Waals surface area contributed by atoms with Crippen LogP contribution < -0.4 is 0 Å². The minimum absolute atomic E-state index is 0. The zero-order valence-electron chi connectivity index (χ0n) is 7.79. The molecule has 6 heteroatoms. The van der Waals surface area contributed by atoms with Crippen LogP contribution in [0.25, 0.3) is 0 Å². The van der Waals surface area contributed by atoms with Crippen LogP contribution in [0.4, 0.5) is 0 Å². The van der Waals surface area contributed by atoms with Crippen molar-refractivity contribution in [3.8, 4) is 0 Å². The van der Waals surface area contributed by atoms with E-state index in [0.717, 1.165) is 0 Å². The molecule has 0 atom stereocenters. The van der Waals surface area contributed by atoms with Gasteiger partial charge < -0.3 is 5.71 Å². The Bertz CT molecular complexity index is 23.2. The third-order valence-electron chi connectivity index (χ3n) is 0. The number of hydrogen-bond acceptors (Lipinski definition) is 0. The quantitative estimate of drug-likeness (QED) is 0.399. The van der Waals surface area contributed by atoms with E-state index >= 15 is 0 Å². The number of hydrogen-bond donors (Lipinski definition) is 0. The Labute approximate surface area is 143 Å². The molecule has 6 heavy (non-hydrogen) atoms. The molecule has 0 heterocycles. The molecule has 0 saturated heterocycles. The fraction of sp³-hybridized carbons (Fsp3) is 0. The van der Waals surface area contributed by atoms with Gasteiger partial charge in [0.25, 0.3) is 0 Å². The molecule has 0 rings (SSSR count). The minimum atomic E-state index is 0. The van der Waals surface area contributed by atoms with Gasteiger partial charge in [-0.3, -0.25) is 0 Å². The summed E-state index contributed by atoms with van der Waals surface area (Å²) in [7, 11) is 2.89. The van der Waals surface area contributed by atoms with Crippen molar-refractivity contribution in [3.63, 3.8) is 0 Å². The molecule has 1 radical (unpaired) electrons. The van der Waals surface area contributed by atoms with Gasteiger partial charge in [-0.2, -0.15) is 0 Å². The first kappa shape index (κ1) is 31.7. The molecule has 0 unspecified atom stereocenters. The van der Waals surface area contributed by atoms with Crippen molar-refractivity contribution >= 4 is 124 Å². The Hall–Kier alpha value is 4.32. The standard InChI is InChI=1S/Al.Ba.Ca.Mn.H6Si2.7H/c;;;;1-2;;;;;;;/h;;;;1-2H3;;;;;;;/q;2*+2;;;;;;4*-1. The SMILES string of the molecule is [AlH3].[Ba+2].[Ca+2].[H-].[H-].[H-].[H-].[Mn].[SiH3][SiH3]. The average molecular weight is 329 g/mol. The van der Waals surface area contributed by atoms with E-state index in [-0.39, 0.29) is 127 Å². The Kier molecular flexibility index (Phi) is 183. The third-order valence-corrected chi connectivity index (χ3v) is 0. The van der Waals surface area contributed by atoms with Crippen LogP contribution in [0.3, 0.4) is 0 Å². The summed E-state index contributed by atoms with van der Waals surface area (Å²) in [6, 6.07) is 0. The van der Waals surface area contributed by atoms with Crippen molar-refractivity contribution in [2.75, 3.05) is 0 Å². The molecule has 0 aliphatic carbocycles. The Morgan fingerprint density at radius 2 is 1.17 bits per heavy atom. The van der Waals surface area contributed by atoms with Gasteiger partial charge in [-0.15, -0.1) is 0 Å². The molecule has 0 fully saturated rings. The van der Waals surface area contributed by atoms with Gasteiger partial charge in [0.2, 0.25) is 0 Å². The smallest absolute Gasteiger partial charge is 1.00 e. The van der Waals surface area contributed by atoms with E-state index in [1.165, 1.54) is 19.5 Å². The normalized spacial score (nSPS) is 2.00. The maximum absolute atomic E-state index is 1.44. The second-order valence-electron chi connectivity index (χ2n) is 0. The van der Waals surface area contributed by atoms with Gasteiger partial charge in [0.15, 0.2) is 17.4 Å². The van der Waals surface area contributed by atoms with E-state index in [1.54, 1.807) is 0 Å². The van der Waals surface area contributed by atoms with Crippen molar-refractivity contribution in [3.05, 3.63) is 0 Å². The maximum Gasteiger partial charge on any atom is 2.00 e. The van der Waals surface area contributed by atoms with Gasteiger partial charge in [-0.05, 0) is 19.5 Å². The molecule has 0 bridgehead atoms. The number of rotatable bonds is 0. The van der Waals surface area contributed by atoms with Crippen LogP contribution in [-0.4, -0.2) is 124 Å². The monoisotopic (exact) mass is 329 g/mol. The topological polar surface area (TPSA) is 0 Å². The summed E-state index contributed by atoms with van der Waals surface area (Å²) in [6.07, 6.45) is 0. The van der Waals surface area contributed by atoms with Crippen molar-refractivity contribution < 1.29 is 22.8 Å². The van der Waals surface area contributed by atoms with Crippen LogP contribution >= 0.6 is 0 Å². The van der Waals surface area contributed by atoms with E-state index in [4.69, 9.17) is 0 Å². The minimum Gasteiger partial charge on any atom is -1.00 e. The summed E-state index contributed by atoms with van der Waals surface area (Å²) < 4.78 is 0. The van der Waals surface area contributed by atoms with Gasteiger partial charge >= 0.3 is 86.6 Å².